The smallest absolute Gasteiger partial charge is 0.234 e. The van der Waals surface area contributed by atoms with E-state index >= 15 is 0 Å². The lowest BCUT2D eigenvalue weighted by Gasteiger charge is -2.40. The molecule has 5 rings (SSSR count). The first-order chi connectivity index (χ1) is 18.0. The lowest BCUT2D eigenvalue weighted by atomic mass is 9.78. The van der Waals surface area contributed by atoms with Gasteiger partial charge < -0.3 is 0 Å². The van der Waals surface area contributed by atoms with E-state index in [0.29, 0.717) is 16.5 Å². The Morgan fingerprint density at radius 3 is 1.82 bits per heavy atom. The van der Waals surface area contributed by atoms with Gasteiger partial charge in [0.1, 0.15) is 0 Å². The van der Waals surface area contributed by atoms with Crippen molar-refractivity contribution in [1.82, 2.24) is 9.80 Å². The van der Waals surface area contributed by atoms with Crippen molar-refractivity contribution < 1.29 is 19.2 Å². The molecule has 6 nitrogen and oxygen atoms in total. The molecule has 0 N–H and O–H groups in total. The molecule has 0 saturated carbocycles. The summed E-state index contributed by atoms with van der Waals surface area (Å²) in [5.74, 6) is -1.48. The largest absolute Gasteiger partial charge is 0.292 e. The molecule has 0 unspecified atom stereocenters. The summed E-state index contributed by atoms with van der Waals surface area (Å²) in [6, 6.07) is 9.04. The van der Waals surface area contributed by atoms with Crippen LogP contribution < -0.4 is 0 Å². The minimum Gasteiger partial charge on any atom is -0.292 e. The number of rotatable bonds is 6. The lowest BCUT2D eigenvalue weighted by molar-refractivity contribution is -0.124. The van der Waals surface area contributed by atoms with E-state index in [0.717, 1.165) is 63.7 Å². The van der Waals surface area contributed by atoms with Gasteiger partial charge in [-0.1, -0.05) is 37.1 Å². The van der Waals surface area contributed by atoms with Crippen LogP contribution in [-0.2, 0) is 9.59 Å². The summed E-state index contributed by atoms with van der Waals surface area (Å²) in [4.78, 5) is 58.3. The topological polar surface area (TPSA) is 74.8 Å². The highest BCUT2D eigenvalue weighted by Gasteiger charge is 2.41. The molecule has 0 atom stereocenters. The van der Waals surface area contributed by atoms with Gasteiger partial charge in [0, 0.05) is 22.8 Å². The zero-order valence-electron chi connectivity index (χ0n) is 23.1. The lowest BCUT2D eigenvalue weighted by Crippen LogP contribution is -2.52. The van der Waals surface area contributed by atoms with Crippen molar-refractivity contribution in [3.05, 3.63) is 53.1 Å². The molecule has 2 aliphatic heterocycles. The quantitative estimate of drug-likeness (QED) is 0.386. The van der Waals surface area contributed by atoms with Gasteiger partial charge in [-0.25, -0.2) is 0 Å². The summed E-state index contributed by atoms with van der Waals surface area (Å²) >= 11 is 0. The van der Waals surface area contributed by atoms with E-state index < -0.39 is 22.6 Å². The number of fused-ring (bicyclic) bond motifs is 3. The number of allylic oxidation sites excluding steroid dienone is 1. The summed E-state index contributed by atoms with van der Waals surface area (Å²) in [5.41, 5.74) is 0.0399. The van der Waals surface area contributed by atoms with Crippen LogP contribution in [0.25, 0.3) is 16.3 Å². The minimum atomic E-state index is -0.796. The van der Waals surface area contributed by atoms with Crippen LogP contribution in [0.4, 0.5) is 0 Å². The van der Waals surface area contributed by atoms with Gasteiger partial charge >= 0.3 is 0 Å². The molecular weight excluding hydrogens is 476 g/mol. The van der Waals surface area contributed by atoms with E-state index in [2.05, 4.69) is 9.80 Å². The molecule has 0 bridgehead atoms. The Morgan fingerprint density at radius 2 is 1.24 bits per heavy atom. The Kier molecular flexibility index (Phi) is 6.99. The Morgan fingerprint density at radius 1 is 0.711 bits per heavy atom. The maximum atomic E-state index is 13.9. The summed E-state index contributed by atoms with van der Waals surface area (Å²) < 4.78 is 0. The summed E-state index contributed by atoms with van der Waals surface area (Å²) in [6.07, 6.45) is 7.80. The van der Waals surface area contributed by atoms with Crippen molar-refractivity contribution in [3.8, 4) is 0 Å². The van der Waals surface area contributed by atoms with E-state index in [1.54, 1.807) is 18.2 Å². The predicted molar refractivity (Wildman–Crippen MR) is 150 cm³/mol. The maximum Gasteiger partial charge on any atom is 0.234 e. The zero-order valence-corrected chi connectivity index (χ0v) is 23.1. The van der Waals surface area contributed by atoms with Crippen LogP contribution in [0.1, 0.15) is 92.5 Å². The van der Waals surface area contributed by atoms with Gasteiger partial charge in [-0.2, -0.15) is 0 Å². The number of hydrogen-bond acceptors (Lipinski definition) is 6. The predicted octanol–water partition coefficient (Wildman–Crippen LogP) is 5.27. The molecule has 3 aliphatic rings. The molecule has 2 fully saturated rings. The van der Waals surface area contributed by atoms with Gasteiger partial charge in [0.25, 0.3) is 0 Å². The third-order valence-corrected chi connectivity index (χ3v) is 8.95. The first-order valence-corrected chi connectivity index (χ1v) is 14.0. The van der Waals surface area contributed by atoms with Crippen molar-refractivity contribution in [3.63, 3.8) is 0 Å². The fourth-order valence-electron chi connectivity index (χ4n) is 6.39. The second-order valence-corrected chi connectivity index (χ2v) is 12.0. The van der Waals surface area contributed by atoms with Gasteiger partial charge in [-0.3, -0.25) is 29.0 Å². The minimum absolute atomic E-state index is 0.00781. The van der Waals surface area contributed by atoms with Gasteiger partial charge in [-0.05, 0) is 102 Å². The molecule has 2 aromatic rings. The summed E-state index contributed by atoms with van der Waals surface area (Å²) in [6.45, 7) is 11.2. The van der Waals surface area contributed by atoms with Crippen molar-refractivity contribution in [2.24, 2.45) is 0 Å². The fourth-order valence-corrected chi connectivity index (χ4v) is 6.39. The first-order valence-electron chi connectivity index (χ1n) is 14.0. The average Bonchev–Trinajstić information content (AvgIpc) is 2.94. The molecule has 6 heteroatoms. The second kappa shape index (κ2) is 9.97. The number of carbonyl (C=O) groups excluding carboxylic acids is 4. The van der Waals surface area contributed by atoms with Crippen LogP contribution in [0.15, 0.2) is 36.4 Å². The number of nitrogens with zero attached hydrogens (tertiary/aromatic N) is 2. The van der Waals surface area contributed by atoms with E-state index in [9.17, 15) is 19.2 Å². The van der Waals surface area contributed by atoms with E-state index in [1.165, 1.54) is 12.5 Å². The Labute approximate surface area is 225 Å². The van der Waals surface area contributed by atoms with Crippen molar-refractivity contribution in [1.29, 1.82) is 0 Å². The first kappa shape index (κ1) is 26.6. The molecule has 0 amide bonds. The van der Waals surface area contributed by atoms with Crippen LogP contribution in [-0.4, -0.2) is 70.2 Å². The van der Waals surface area contributed by atoms with E-state index in [4.69, 9.17) is 0 Å². The number of benzene rings is 2. The molecule has 0 radical (unpaired) electrons. The molecular formula is C32H38N2O4. The van der Waals surface area contributed by atoms with Crippen molar-refractivity contribution >= 4 is 39.5 Å². The number of piperidine rings is 2. The van der Waals surface area contributed by atoms with Crippen LogP contribution in [0.3, 0.4) is 0 Å². The van der Waals surface area contributed by atoms with Crippen LogP contribution in [0, 0.1) is 0 Å². The normalized spacial score (nSPS) is 19.8. The summed E-state index contributed by atoms with van der Waals surface area (Å²) in [5, 5.41) is 1.32. The van der Waals surface area contributed by atoms with Crippen LogP contribution in [0.2, 0.25) is 0 Å². The highest BCUT2D eigenvalue weighted by Crippen LogP contribution is 2.37. The average molecular weight is 515 g/mol. The van der Waals surface area contributed by atoms with Crippen molar-refractivity contribution in [2.45, 2.75) is 77.3 Å². The number of hydrogen-bond donors (Lipinski definition) is 0. The van der Waals surface area contributed by atoms with E-state index in [-0.39, 0.29) is 22.7 Å². The maximum absolute atomic E-state index is 13.9. The van der Waals surface area contributed by atoms with Gasteiger partial charge in [-0.15, -0.1) is 0 Å². The highest BCUT2D eigenvalue weighted by atomic mass is 16.2. The summed E-state index contributed by atoms with van der Waals surface area (Å²) in [7, 11) is 0. The molecule has 2 aromatic carbocycles. The molecule has 2 saturated heterocycles. The zero-order chi connectivity index (χ0) is 27.2. The fraction of sp³-hybridized carbons (Fsp3) is 0.500. The SMILES string of the molecule is CC(C)(C(=O)C1=CC(=O)C(=O)c2c1ccc1ccc(C(=O)C(C)(C)N3CCCCC3)cc21)N1CCCCC1. The third-order valence-electron chi connectivity index (χ3n) is 8.95. The molecule has 0 aromatic heterocycles. The molecule has 0 spiro atoms. The second-order valence-electron chi connectivity index (χ2n) is 12.0. The molecule has 1 aliphatic carbocycles. The third kappa shape index (κ3) is 4.48. The molecule has 200 valence electrons. The number of likely N-dealkylation sites (tertiary alicyclic amines) is 2. The van der Waals surface area contributed by atoms with Gasteiger partial charge in [0.05, 0.1) is 11.1 Å². The Hall–Kier alpha value is -2.96. The van der Waals surface area contributed by atoms with Crippen LogP contribution in [0.5, 0.6) is 0 Å². The monoisotopic (exact) mass is 514 g/mol. The number of Topliss-reactive ketones (excluding diaryl/α,β-unsaturated/α-hetero) is 3. The number of ketones is 4. The highest BCUT2D eigenvalue weighted by molar-refractivity contribution is 6.55. The molecule has 2 heterocycles. The standard InChI is InChI=1S/C32H38N2O4/c1-31(2,33-15-7-5-8-16-33)29(37)22-12-11-21-13-14-23-25(20-26(35)28(36)27(23)24(21)19-22)30(38)32(3,4)34-17-9-6-10-18-34/h11-14,19-20H,5-10,15-18H2,1-4H3. The van der Waals surface area contributed by atoms with Crippen molar-refractivity contribution in [2.75, 3.05) is 26.2 Å². The van der Waals surface area contributed by atoms with Crippen LogP contribution >= 0.6 is 0 Å². The number of carbonyl (C=O) groups is 4. The van der Waals surface area contributed by atoms with Gasteiger partial charge in [0.2, 0.25) is 11.6 Å². The van der Waals surface area contributed by atoms with E-state index in [1.807, 2.05) is 39.8 Å². The Bertz CT molecular complexity index is 1360. The Balaban J connectivity index is 1.57. The molecule has 38 heavy (non-hydrogen) atoms. The van der Waals surface area contributed by atoms with Gasteiger partial charge in [0.15, 0.2) is 11.6 Å².